The van der Waals surface area contributed by atoms with Gasteiger partial charge in [-0.25, -0.2) is 21.1 Å². The highest BCUT2D eigenvalue weighted by molar-refractivity contribution is 7.94. The number of nitrogens with zero attached hydrogens (tertiary/aromatic N) is 1. The van der Waals surface area contributed by atoms with E-state index in [4.69, 9.17) is 0 Å². The van der Waals surface area contributed by atoms with Gasteiger partial charge >= 0.3 is 0 Å². The number of amides is 1. The molecule has 27 heavy (non-hydrogen) atoms. The van der Waals surface area contributed by atoms with Crippen LogP contribution in [0.2, 0.25) is 0 Å². The van der Waals surface area contributed by atoms with Crippen LogP contribution in [0.15, 0.2) is 47.4 Å². The molecule has 0 bridgehead atoms. The Morgan fingerprint density at radius 3 is 2.48 bits per heavy atom. The standard InChI is InChI=1S/C18H20N2O5S2/c1-3-14-6-4-5-7-16(14)19-27(24,25)17-12-15(9-8-13(17)2)20-18(21)10-11-26(20,22)23/h4-9,12,19H,3,10-11H2,1-2H3. The zero-order chi connectivity index (χ0) is 19.8. The summed E-state index contributed by atoms with van der Waals surface area (Å²) in [6, 6.07) is 11.2. The summed E-state index contributed by atoms with van der Waals surface area (Å²) in [5, 5.41) is 0. The predicted molar refractivity (Wildman–Crippen MR) is 104 cm³/mol. The lowest BCUT2D eigenvalue weighted by atomic mass is 10.1. The van der Waals surface area contributed by atoms with Crippen molar-refractivity contribution in [3.63, 3.8) is 0 Å². The van der Waals surface area contributed by atoms with E-state index in [1.807, 2.05) is 19.1 Å². The highest BCUT2D eigenvalue weighted by Gasteiger charge is 2.37. The van der Waals surface area contributed by atoms with Gasteiger partial charge < -0.3 is 0 Å². The first-order chi connectivity index (χ1) is 12.7. The van der Waals surface area contributed by atoms with Crippen molar-refractivity contribution >= 4 is 37.3 Å². The van der Waals surface area contributed by atoms with Gasteiger partial charge in [-0.1, -0.05) is 31.2 Å². The van der Waals surface area contributed by atoms with E-state index in [2.05, 4.69) is 4.72 Å². The zero-order valence-corrected chi connectivity index (χ0v) is 16.6. The van der Waals surface area contributed by atoms with Crippen molar-refractivity contribution in [1.29, 1.82) is 0 Å². The second kappa shape index (κ2) is 6.97. The quantitative estimate of drug-likeness (QED) is 0.819. The third kappa shape index (κ3) is 3.70. The van der Waals surface area contributed by atoms with Crippen LogP contribution in [0, 0.1) is 6.92 Å². The summed E-state index contributed by atoms with van der Waals surface area (Å²) >= 11 is 0. The van der Waals surface area contributed by atoms with Gasteiger partial charge in [0.1, 0.15) is 0 Å². The van der Waals surface area contributed by atoms with Crippen LogP contribution in [-0.2, 0) is 31.3 Å². The molecule has 0 unspecified atom stereocenters. The first-order valence-corrected chi connectivity index (χ1v) is 11.5. The molecule has 7 nitrogen and oxygen atoms in total. The molecular formula is C18H20N2O5S2. The second-order valence-electron chi connectivity index (χ2n) is 6.29. The van der Waals surface area contributed by atoms with Crippen LogP contribution in [-0.4, -0.2) is 28.5 Å². The number of sulfonamides is 2. The lowest BCUT2D eigenvalue weighted by Gasteiger charge is -2.18. The number of anilines is 2. The Hall–Kier alpha value is -2.39. The highest BCUT2D eigenvalue weighted by Crippen LogP contribution is 2.30. The lowest BCUT2D eigenvalue weighted by molar-refractivity contribution is -0.116. The third-order valence-electron chi connectivity index (χ3n) is 4.42. The maximum absolute atomic E-state index is 12.9. The molecule has 0 spiro atoms. The fraction of sp³-hybridized carbons (Fsp3) is 0.278. The lowest BCUT2D eigenvalue weighted by Crippen LogP contribution is -2.29. The third-order valence-corrected chi connectivity index (χ3v) is 7.62. The predicted octanol–water partition coefficient (Wildman–Crippen LogP) is 2.42. The molecule has 1 saturated heterocycles. The number of aryl methyl sites for hydroxylation is 2. The van der Waals surface area contributed by atoms with E-state index in [-0.39, 0.29) is 22.8 Å². The minimum Gasteiger partial charge on any atom is -0.279 e. The summed E-state index contributed by atoms with van der Waals surface area (Å²) in [6.07, 6.45) is 0.540. The molecule has 2 aromatic rings. The van der Waals surface area contributed by atoms with Gasteiger partial charge in [0, 0.05) is 6.42 Å². The van der Waals surface area contributed by atoms with Gasteiger partial charge in [0.05, 0.1) is 22.0 Å². The molecule has 1 fully saturated rings. The number of nitrogens with one attached hydrogen (secondary N) is 1. The van der Waals surface area contributed by atoms with Crippen LogP contribution in [0.25, 0.3) is 0 Å². The Kier molecular flexibility index (Phi) is 5.00. The largest absolute Gasteiger partial charge is 0.279 e. The van der Waals surface area contributed by atoms with E-state index in [9.17, 15) is 21.6 Å². The van der Waals surface area contributed by atoms with Gasteiger partial charge in [-0.15, -0.1) is 0 Å². The highest BCUT2D eigenvalue weighted by atomic mass is 32.2. The minimum atomic E-state index is -3.97. The number of carbonyl (C=O) groups excluding carboxylic acids is 1. The maximum Gasteiger partial charge on any atom is 0.262 e. The zero-order valence-electron chi connectivity index (χ0n) is 15.0. The summed E-state index contributed by atoms with van der Waals surface area (Å²) in [5.41, 5.74) is 1.79. The Bertz CT molecular complexity index is 1110. The number of carbonyl (C=O) groups is 1. The number of hydrogen-bond donors (Lipinski definition) is 1. The molecule has 1 aliphatic heterocycles. The van der Waals surface area contributed by atoms with E-state index in [0.29, 0.717) is 22.0 Å². The SMILES string of the molecule is CCc1ccccc1NS(=O)(=O)c1cc(N2C(=O)CCS2(=O)=O)ccc1C. The summed E-state index contributed by atoms with van der Waals surface area (Å²) in [4.78, 5) is 11.9. The van der Waals surface area contributed by atoms with Gasteiger partial charge in [0.15, 0.2) is 0 Å². The van der Waals surface area contributed by atoms with Gasteiger partial charge in [0.25, 0.3) is 10.0 Å². The molecule has 144 valence electrons. The molecule has 3 rings (SSSR count). The van der Waals surface area contributed by atoms with Gasteiger partial charge in [-0.2, -0.15) is 0 Å². The molecular weight excluding hydrogens is 388 g/mol. The minimum absolute atomic E-state index is 0.0345. The number of rotatable bonds is 5. The molecule has 0 radical (unpaired) electrons. The number of hydrogen-bond acceptors (Lipinski definition) is 5. The molecule has 2 aromatic carbocycles. The fourth-order valence-corrected chi connectivity index (χ4v) is 5.82. The molecule has 1 amide bonds. The van der Waals surface area contributed by atoms with Crippen LogP contribution in [0.3, 0.4) is 0 Å². The van der Waals surface area contributed by atoms with E-state index < -0.39 is 26.0 Å². The number of benzene rings is 2. The molecule has 0 aromatic heterocycles. The molecule has 0 saturated carbocycles. The van der Waals surface area contributed by atoms with Crippen LogP contribution >= 0.6 is 0 Å². The van der Waals surface area contributed by atoms with Crippen molar-refractivity contribution in [1.82, 2.24) is 0 Å². The molecule has 1 heterocycles. The van der Waals surface area contributed by atoms with E-state index in [1.54, 1.807) is 19.1 Å². The van der Waals surface area contributed by atoms with Crippen molar-refractivity contribution in [2.45, 2.75) is 31.6 Å². The van der Waals surface area contributed by atoms with Crippen molar-refractivity contribution in [3.8, 4) is 0 Å². The van der Waals surface area contributed by atoms with Gasteiger partial charge in [-0.05, 0) is 42.7 Å². The van der Waals surface area contributed by atoms with Crippen molar-refractivity contribution in [3.05, 3.63) is 53.6 Å². The second-order valence-corrected chi connectivity index (χ2v) is 9.88. The summed E-state index contributed by atoms with van der Waals surface area (Å²) in [7, 11) is -7.73. The normalized spacial score (nSPS) is 16.5. The van der Waals surface area contributed by atoms with Crippen molar-refractivity contribution in [2.75, 3.05) is 14.8 Å². The van der Waals surface area contributed by atoms with E-state index in [0.717, 1.165) is 5.56 Å². The topological polar surface area (TPSA) is 101 Å². The van der Waals surface area contributed by atoms with Crippen LogP contribution in [0.1, 0.15) is 24.5 Å². The average molecular weight is 409 g/mol. The fourth-order valence-electron chi connectivity index (χ4n) is 3.00. The molecule has 1 N–H and O–H groups in total. The smallest absolute Gasteiger partial charge is 0.262 e. The van der Waals surface area contributed by atoms with Crippen molar-refractivity contribution < 1.29 is 21.6 Å². The Balaban J connectivity index is 2.05. The number of para-hydroxylation sites is 1. The van der Waals surface area contributed by atoms with Crippen LogP contribution in [0.5, 0.6) is 0 Å². The first-order valence-electron chi connectivity index (χ1n) is 8.43. The summed E-state index contributed by atoms with van der Waals surface area (Å²) < 4.78 is 53.4. The monoisotopic (exact) mass is 408 g/mol. The van der Waals surface area contributed by atoms with E-state index in [1.165, 1.54) is 18.2 Å². The Morgan fingerprint density at radius 2 is 1.85 bits per heavy atom. The van der Waals surface area contributed by atoms with E-state index >= 15 is 0 Å². The Labute approximate surface area is 159 Å². The molecule has 0 atom stereocenters. The van der Waals surface area contributed by atoms with Gasteiger partial charge in [-0.3, -0.25) is 9.52 Å². The Morgan fingerprint density at radius 1 is 1.15 bits per heavy atom. The summed E-state index contributed by atoms with van der Waals surface area (Å²) in [5.74, 6) is -0.837. The molecule has 1 aliphatic rings. The molecule has 0 aliphatic carbocycles. The molecule has 9 heteroatoms. The van der Waals surface area contributed by atoms with Gasteiger partial charge in [0.2, 0.25) is 15.9 Å². The van der Waals surface area contributed by atoms with Crippen LogP contribution in [0.4, 0.5) is 11.4 Å². The maximum atomic E-state index is 12.9. The van der Waals surface area contributed by atoms with Crippen molar-refractivity contribution in [2.24, 2.45) is 0 Å². The summed E-state index contributed by atoms with van der Waals surface area (Å²) in [6.45, 7) is 3.53. The van der Waals surface area contributed by atoms with Crippen LogP contribution < -0.4 is 9.03 Å². The average Bonchev–Trinajstić information content (AvgIpc) is 2.88. The first kappa shape index (κ1) is 19.4.